The van der Waals surface area contributed by atoms with Crippen molar-refractivity contribution in [2.24, 2.45) is 17.1 Å². The largest absolute Gasteiger partial charge is 0.396 e. The average Bonchev–Trinajstić information content (AvgIpc) is 2.33. The number of benzene rings is 1. The van der Waals surface area contributed by atoms with Crippen LogP contribution in [0.25, 0.3) is 0 Å². The molecular formula is C14H21ClFNO. The summed E-state index contributed by atoms with van der Waals surface area (Å²) in [5.74, 6) is -0.0180. The maximum Gasteiger partial charge on any atom is 0.142 e. The number of hydrogen-bond donors (Lipinski definition) is 2. The number of rotatable bonds is 6. The summed E-state index contributed by atoms with van der Waals surface area (Å²) >= 11 is 5.95. The lowest BCUT2D eigenvalue weighted by atomic mass is 9.76. The van der Waals surface area contributed by atoms with Crippen LogP contribution >= 0.6 is 11.6 Å². The standard InChI is InChI=1S/C14H21ClFNO/c1-10(2)6-14(8-17,9-18)7-11-4-3-5-12(16)13(11)15/h3-5,10,18H,6-9,17H2,1-2H3. The first-order valence-corrected chi connectivity index (χ1v) is 6.56. The van der Waals surface area contributed by atoms with Gasteiger partial charge in [-0.3, -0.25) is 0 Å². The Balaban J connectivity index is 2.99. The second kappa shape index (κ2) is 6.50. The highest BCUT2D eigenvalue weighted by Gasteiger charge is 2.30. The van der Waals surface area contributed by atoms with Crippen molar-refractivity contribution in [3.05, 3.63) is 34.6 Å². The Bertz CT molecular complexity index is 391. The first kappa shape index (κ1) is 15.4. The van der Waals surface area contributed by atoms with Crippen molar-refractivity contribution >= 4 is 11.6 Å². The van der Waals surface area contributed by atoms with E-state index in [9.17, 15) is 9.50 Å². The summed E-state index contributed by atoms with van der Waals surface area (Å²) in [6.45, 7) is 4.49. The van der Waals surface area contributed by atoms with Crippen LogP contribution in [0, 0.1) is 17.2 Å². The fraction of sp³-hybridized carbons (Fsp3) is 0.571. The van der Waals surface area contributed by atoms with E-state index in [1.807, 2.05) is 0 Å². The molecule has 2 nitrogen and oxygen atoms in total. The van der Waals surface area contributed by atoms with E-state index in [0.717, 1.165) is 6.42 Å². The lowest BCUT2D eigenvalue weighted by molar-refractivity contribution is 0.108. The van der Waals surface area contributed by atoms with Crippen LogP contribution in [-0.2, 0) is 6.42 Å². The van der Waals surface area contributed by atoms with Gasteiger partial charge < -0.3 is 10.8 Å². The molecule has 0 saturated heterocycles. The van der Waals surface area contributed by atoms with E-state index >= 15 is 0 Å². The van der Waals surface area contributed by atoms with Crippen molar-refractivity contribution in [2.45, 2.75) is 26.7 Å². The molecule has 0 radical (unpaired) electrons. The normalized spacial score (nSPS) is 14.8. The number of aliphatic hydroxyl groups is 1. The molecule has 0 aromatic heterocycles. The van der Waals surface area contributed by atoms with Gasteiger partial charge in [-0.25, -0.2) is 4.39 Å². The van der Waals surface area contributed by atoms with Crippen molar-refractivity contribution < 1.29 is 9.50 Å². The summed E-state index contributed by atoms with van der Waals surface area (Å²) in [7, 11) is 0. The predicted molar refractivity (Wildman–Crippen MR) is 73.1 cm³/mol. The number of halogens is 2. The van der Waals surface area contributed by atoms with E-state index < -0.39 is 11.2 Å². The molecule has 0 amide bonds. The van der Waals surface area contributed by atoms with Gasteiger partial charge in [-0.1, -0.05) is 37.6 Å². The number of hydrogen-bond acceptors (Lipinski definition) is 2. The minimum atomic E-state index is -0.428. The van der Waals surface area contributed by atoms with E-state index in [2.05, 4.69) is 13.8 Å². The van der Waals surface area contributed by atoms with Crippen LogP contribution in [0.4, 0.5) is 4.39 Å². The first-order valence-electron chi connectivity index (χ1n) is 6.18. The first-order chi connectivity index (χ1) is 8.44. The topological polar surface area (TPSA) is 46.2 Å². The zero-order valence-electron chi connectivity index (χ0n) is 10.9. The molecule has 0 aliphatic heterocycles. The summed E-state index contributed by atoms with van der Waals surface area (Å²) in [6, 6.07) is 4.74. The summed E-state index contributed by atoms with van der Waals surface area (Å²) < 4.78 is 13.4. The monoisotopic (exact) mass is 273 g/mol. The molecule has 1 rings (SSSR count). The highest BCUT2D eigenvalue weighted by atomic mass is 35.5. The molecular weight excluding hydrogens is 253 g/mol. The molecule has 4 heteroatoms. The molecule has 3 N–H and O–H groups in total. The Morgan fingerprint density at radius 3 is 2.61 bits per heavy atom. The molecule has 1 aromatic rings. The van der Waals surface area contributed by atoms with Crippen molar-refractivity contribution in [1.29, 1.82) is 0 Å². The van der Waals surface area contributed by atoms with Gasteiger partial charge in [0, 0.05) is 12.0 Å². The predicted octanol–water partition coefficient (Wildman–Crippen LogP) is 3.01. The summed E-state index contributed by atoms with van der Waals surface area (Å²) in [5, 5.41) is 9.76. The van der Waals surface area contributed by atoms with Gasteiger partial charge in [-0.05, 0) is 30.4 Å². The van der Waals surface area contributed by atoms with Crippen LogP contribution in [0.1, 0.15) is 25.8 Å². The molecule has 102 valence electrons. The number of aliphatic hydroxyl groups excluding tert-OH is 1. The third kappa shape index (κ3) is 3.67. The second-order valence-electron chi connectivity index (χ2n) is 5.35. The van der Waals surface area contributed by atoms with Gasteiger partial charge in [0.1, 0.15) is 5.82 Å². The van der Waals surface area contributed by atoms with Gasteiger partial charge in [0.2, 0.25) is 0 Å². The molecule has 0 aliphatic carbocycles. The Morgan fingerprint density at radius 1 is 1.44 bits per heavy atom. The lowest BCUT2D eigenvalue weighted by Crippen LogP contribution is -2.38. The van der Waals surface area contributed by atoms with Crippen LogP contribution in [-0.4, -0.2) is 18.3 Å². The number of nitrogens with two attached hydrogens (primary N) is 1. The zero-order valence-corrected chi connectivity index (χ0v) is 11.7. The van der Waals surface area contributed by atoms with E-state index in [0.29, 0.717) is 24.4 Å². The Kier molecular flexibility index (Phi) is 5.57. The van der Waals surface area contributed by atoms with Gasteiger partial charge in [-0.2, -0.15) is 0 Å². The van der Waals surface area contributed by atoms with E-state index in [-0.39, 0.29) is 11.6 Å². The van der Waals surface area contributed by atoms with Gasteiger partial charge in [0.25, 0.3) is 0 Å². The van der Waals surface area contributed by atoms with Gasteiger partial charge in [0.05, 0.1) is 11.6 Å². The van der Waals surface area contributed by atoms with Gasteiger partial charge in [-0.15, -0.1) is 0 Å². The van der Waals surface area contributed by atoms with Gasteiger partial charge >= 0.3 is 0 Å². The van der Waals surface area contributed by atoms with Crippen LogP contribution < -0.4 is 5.73 Å². The highest BCUT2D eigenvalue weighted by Crippen LogP contribution is 2.32. The van der Waals surface area contributed by atoms with Crippen molar-refractivity contribution in [2.75, 3.05) is 13.2 Å². The Morgan fingerprint density at radius 2 is 2.11 bits per heavy atom. The highest BCUT2D eigenvalue weighted by molar-refractivity contribution is 6.31. The molecule has 0 fully saturated rings. The SMILES string of the molecule is CC(C)CC(CN)(CO)Cc1cccc(F)c1Cl. The smallest absolute Gasteiger partial charge is 0.142 e. The quantitative estimate of drug-likeness (QED) is 0.837. The summed E-state index contributed by atoms with van der Waals surface area (Å²) in [6.07, 6.45) is 1.28. The Labute approximate surface area is 113 Å². The van der Waals surface area contributed by atoms with E-state index in [1.165, 1.54) is 6.07 Å². The molecule has 0 bridgehead atoms. The lowest BCUT2D eigenvalue weighted by Gasteiger charge is -2.32. The molecule has 1 aromatic carbocycles. The molecule has 0 spiro atoms. The summed E-state index contributed by atoms with van der Waals surface area (Å²) in [4.78, 5) is 0. The second-order valence-corrected chi connectivity index (χ2v) is 5.73. The maximum absolute atomic E-state index is 13.4. The summed E-state index contributed by atoms with van der Waals surface area (Å²) in [5.41, 5.74) is 6.09. The van der Waals surface area contributed by atoms with Crippen LogP contribution in [0.15, 0.2) is 18.2 Å². The molecule has 0 heterocycles. The molecule has 0 saturated carbocycles. The zero-order chi connectivity index (χ0) is 13.8. The van der Waals surface area contributed by atoms with E-state index in [4.69, 9.17) is 17.3 Å². The third-order valence-corrected chi connectivity index (χ3v) is 3.63. The van der Waals surface area contributed by atoms with Crippen molar-refractivity contribution in [3.8, 4) is 0 Å². The minimum absolute atomic E-state index is 0.0193. The van der Waals surface area contributed by atoms with E-state index in [1.54, 1.807) is 12.1 Å². The molecule has 1 unspecified atom stereocenters. The maximum atomic E-state index is 13.4. The van der Waals surface area contributed by atoms with Crippen LogP contribution in [0.5, 0.6) is 0 Å². The Hall–Kier alpha value is -0.640. The van der Waals surface area contributed by atoms with Crippen LogP contribution in [0.2, 0.25) is 5.02 Å². The fourth-order valence-electron chi connectivity index (χ4n) is 2.37. The van der Waals surface area contributed by atoms with Gasteiger partial charge in [0.15, 0.2) is 0 Å². The average molecular weight is 274 g/mol. The fourth-order valence-corrected chi connectivity index (χ4v) is 2.56. The third-order valence-electron chi connectivity index (χ3n) is 3.21. The molecule has 1 atom stereocenters. The van der Waals surface area contributed by atoms with Crippen molar-refractivity contribution in [1.82, 2.24) is 0 Å². The molecule has 18 heavy (non-hydrogen) atoms. The minimum Gasteiger partial charge on any atom is -0.396 e. The van der Waals surface area contributed by atoms with Crippen molar-refractivity contribution in [3.63, 3.8) is 0 Å². The molecule has 0 aliphatic rings. The van der Waals surface area contributed by atoms with Crippen LogP contribution in [0.3, 0.4) is 0 Å².